The number of piperazine rings is 1. The van der Waals surface area contributed by atoms with E-state index in [1.54, 1.807) is 24.3 Å². The van der Waals surface area contributed by atoms with Crippen LogP contribution in [0, 0.1) is 0 Å². The maximum absolute atomic E-state index is 12.9. The molecule has 1 fully saturated rings. The average molecular weight is 428 g/mol. The lowest BCUT2D eigenvalue weighted by Crippen LogP contribution is -2.51. The summed E-state index contributed by atoms with van der Waals surface area (Å²) < 4.78 is 27.2. The van der Waals surface area contributed by atoms with Crippen molar-refractivity contribution in [3.05, 3.63) is 59.7 Å². The van der Waals surface area contributed by atoms with E-state index < -0.39 is 21.8 Å². The van der Waals surface area contributed by atoms with E-state index in [1.165, 1.54) is 33.5 Å². The first kappa shape index (κ1) is 20.2. The summed E-state index contributed by atoms with van der Waals surface area (Å²) in [5, 5.41) is 0. The van der Waals surface area contributed by atoms with Crippen LogP contribution in [0.4, 0.5) is 5.69 Å². The smallest absolute Gasteiger partial charge is 0.266 e. The van der Waals surface area contributed by atoms with Crippen molar-refractivity contribution in [3.63, 3.8) is 0 Å². The van der Waals surface area contributed by atoms with Gasteiger partial charge in [-0.3, -0.25) is 14.4 Å². The molecule has 0 aliphatic carbocycles. The van der Waals surface area contributed by atoms with E-state index in [-0.39, 0.29) is 43.5 Å². The number of rotatable bonds is 4. The van der Waals surface area contributed by atoms with Crippen LogP contribution in [-0.4, -0.2) is 68.1 Å². The van der Waals surface area contributed by atoms with Gasteiger partial charge in [0.25, 0.3) is 11.8 Å². The van der Waals surface area contributed by atoms with E-state index in [0.717, 1.165) is 4.90 Å². The molecule has 0 saturated carbocycles. The Morgan fingerprint density at radius 3 is 1.90 bits per heavy atom. The number of amides is 3. The Balaban J connectivity index is 1.52. The average Bonchev–Trinajstić information content (AvgIpc) is 3.03. The molecule has 0 unspecified atom stereocenters. The number of hydrogen-bond donors (Lipinski definition) is 1. The fourth-order valence-corrected chi connectivity index (χ4v) is 5.07. The first-order valence-electron chi connectivity index (χ1n) is 9.40. The van der Waals surface area contributed by atoms with E-state index in [9.17, 15) is 22.8 Å². The number of benzene rings is 2. The number of sulfonamides is 1. The molecule has 0 radical (unpaired) electrons. The van der Waals surface area contributed by atoms with Crippen molar-refractivity contribution in [3.8, 4) is 0 Å². The minimum atomic E-state index is -3.76. The van der Waals surface area contributed by atoms with Crippen molar-refractivity contribution in [1.82, 2.24) is 9.21 Å². The van der Waals surface area contributed by atoms with Crippen LogP contribution in [0.15, 0.2) is 53.4 Å². The lowest BCUT2D eigenvalue weighted by Gasteiger charge is -2.33. The highest BCUT2D eigenvalue weighted by Crippen LogP contribution is 2.29. The Morgan fingerprint density at radius 1 is 0.867 bits per heavy atom. The monoisotopic (exact) mass is 428 g/mol. The standard InChI is InChI=1S/C20H20N4O5S/c21-13-18(25)22-9-11-23(12-10-22)30(28,29)15-7-5-14(6-8-15)24-19(26)16-3-1-2-4-17(16)20(24)27/h1-8H,9-13,21H2. The second-order valence-corrected chi connectivity index (χ2v) is 8.91. The first-order chi connectivity index (χ1) is 14.3. The van der Waals surface area contributed by atoms with Crippen molar-refractivity contribution in [1.29, 1.82) is 0 Å². The quantitative estimate of drug-likeness (QED) is 0.698. The highest BCUT2D eigenvalue weighted by molar-refractivity contribution is 7.89. The van der Waals surface area contributed by atoms with E-state index >= 15 is 0 Å². The third kappa shape index (κ3) is 3.28. The van der Waals surface area contributed by atoms with Crippen LogP contribution >= 0.6 is 0 Å². The summed E-state index contributed by atoms with van der Waals surface area (Å²) in [6, 6.07) is 12.2. The molecule has 3 amide bonds. The molecule has 0 spiro atoms. The van der Waals surface area contributed by atoms with Gasteiger partial charge in [0.2, 0.25) is 15.9 Å². The highest BCUT2D eigenvalue weighted by atomic mass is 32.2. The number of imide groups is 1. The predicted molar refractivity (Wildman–Crippen MR) is 108 cm³/mol. The van der Waals surface area contributed by atoms with Crippen LogP contribution in [0.1, 0.15) is 20.7 Å². The second kappa shape index (κ2) is 7.63. The fraction of sp³-hybridized carbons (Fsp3) is 0.250. The van der Waals surface area contributed by atoms with Crippen LogP contribution in [0.2, 0.25) is 0 Å². The van der Waals surface area contributed by atoms with Crippen molar-refractivity contribution in [2.75, 3.05) is 37.6 Å². The summed E-state index contributed by atoms with van der Waals surface area (Å²) in [7, 11) is -3.76. The molecule has 10 heteroatoms. The Labute approximate surface area is 173 Å². The zero-order chi connectivity index (χ0) is 21.5. The third-order valence-corrected chi connectivity index (χ3v) is 7.21. The molecule has 0 aromatic heterocycles. The molecule has 156 valence electrons. The molecule has 2 aliphatic rings. The largest absolute Gasteiger partial charge is 0.339 e. The molecule has 30 heavy (non-hydrogen) atoms. The molecule has 2 heterocycles. The number of nitrogens with two attached hydrogens (primary N) is 1. The van der Waals surface area contributed by atoms with Gasteiger partial charge in [0.05, 0.1) is 28.3 Å². The Bertz CT molecular complexity index is 1090. The van der Waals surface area contributed by atoms with Crippen LogP contribution in [0.3, 0.4) is 0 Å². The fourth-order valence-electron chi connectivity index (χ4n) is 3.65. The number of hydrogen-bond acceptors (Lipinski definition) is 6. The summed E-state index contributed by atoms with van der Waals surface area (Å²) in [4.78, 5) is 39.5. The molecule has 9 nitrogen and oxygen atoms in total. The number of fused-ring (bicyclic) bond motifs is 1. The number of anilines is 1. The molecule has 2 aromatic rings. The van der Waals surface area contributed by atoms with Gasteiger partial charge >= 0.3 is 0 Å². The van der Waals surface area contributed by atoms with E-state index in [0.29, 0.717) is 16.8 Å². The van der Waals surface area contributed by atoms with Crippen LogP contribution in [-0.2, 0) is 14.8 Å². The summed E-state index contributed by atoms with van der Waals surface area (Å²) in [6.45, 7) is 0.805. The van der Waals surface area contributed by atoms with Gasteiger partial charge in [-0.05, 0) is 36.4 Å². The van der Waals surface area contributed by atoms with Gasteiger partial charge in [-0.2, -0.15) is 4.31 Å². The highest BCUT2D eigenvalue weighted by Gasteiger charge is 2.36. The molecular formula is C20H20N4O5S. The van der Waals surface area contributed by atoms with Crippen LogP contribution in [0.25, 0.3) is 0 Å². The molecule has 4 rings (SSSR count). The normalized spacial score (nSPS) is 17.4. The number of nitrogens with zero attached hydrogens (tertiary/aromatic N) is 3. The van der Waals surface area contributed by atoms with Gasteiger partial charge in [-0.15, -0.1) is 0 Å². The second-order valence-electron chi connectivity index (χ2n) is 6.97. The maximum Gasteiger partial charge on any atom is 0.266 e. The minimum absolute atomic E-state index is 0.0569. The molecule has 2 aliphatic heterocycles. The van der Waals surface area contributed by atoms with Gasteiger partial charge in [0, 0.05) is 26.2 Å². The van der Waals surface area contributed by atoms with Crippen molar-refractivity contribution in [2.24, 2.45) is 5.73 Å². The Hall–Kier alpha value is -3.08. The zero-order valence-electron chi connectivity index (χ0n) is 16.0. The molecule has 1 saturated heterocycles. The van der Waals surface area contributed by atoms with E-state index in [4.69, 9.17) is 5.73 Å². The summed E-state index contributed by atoms with van der Waals surface area (Å²) >= 11 is 0. The molecule has 0 atom stereocenters. The Kier molecular flexibility index (Phi) is 5.14. The molecular weight excluding hydrogens is 408 g/mol. The molecule has 2 N–H and O–H groups in total. The Morgan fingerprint density at radius 2 is 1.40 bits per heavy atom. The van der Waals surface area contributed by atoms with Crippen molar-refractivity contribution >= 4 is 33.4 Å². The van der Waals surface area contributed by atoms with Gasteiger partial charge in [-0.1, -0.05) is 12.1 Å². The minimum Gasteiger partial charge on any atom is -0.339 e. The summed E-state index contributed by atoms with van der Waals surface area (Å²) in [5.41, 5.74) is 6.30. The van der Waals surface area contributed by atoms with Crippen LogP contribution in [0.5, 0.6) is 0 Å². The molecule has 0 bridgehead atoms. The SMILES string of the molecule is NCC(=O)N1CCN(S(=O)(=O)c2ccc(N3C(=O)c4ccccc4C3=O)cc2)CC1. The summed E-state index contributed by atoms with van der Waals surface area (Å²) in [5.74, 6) is -1.09. The lowest BCUT2D eigenvalue weighted by atomic mass is 10.1. The summed E-state index contributed by atoms with van der Waals surface area (Å²) in [6.07, 6.45) is 0. The first-order valence-corrected chi connectivity index (χ1v) is 10.8. The van der Waals surface area contributed by atoms with Crippen molar-refractivity contribution < 1.29 is 22.8 Å². The van der Waals surface area contributed by atoms with Gasteiger partial charge in [0.1, 0.15) is 0 Å². The van der Waals surface area contributed by atoms with E-state index in [2.05, 4.69) is 0 Å². The van der Waals surface area contributed by atoms with Gasteiger partial charge in [0.15, 0.2) is 0 Å². The third-order valence-electron chi connectivity index (χ3n) is 5.29. The zero-order valence-corrected chi connectivity index (χ0v) is 16.8. The topological polar surface area (TPSA) is 121 Å². The lowest BCUT2D eigenvalue weighted by molar-refractivity contribution is -0.130. The number of carbonyl (C=O) groups excluding carboxylic acids is 3. The molecule has 2 aromatic carbocycles. The van der Waals surface area contributed by atoms with Crippen LogP contribution < -0.4 is 10.6 Å². The maximum atomic E-state index is 12.9. The predicted octanol–water partition coefficient (Wildman–Crippen LogP) is 0.279. The van der Waals surface area contributed by atoms with Crippen molar-refractivity contribution in [2.45, 2.75) is 4.90 Å². The van der Waals surface area contributed by atoms with Gasteiger partial charge < -0.3 is 10.6 Å². The number of carbonyl (C=O) groups is 3. The van der Waals surface area contributed by atoms with Gasteiger partial charge in [-0.25, -0.2) is 13.3 Å². The van der Waals surface area contributed by atoms with E-state index in [1.807, 2.05) is 0 Å².